The smallest absolute Gasteiger partial charge is 0.148 e. The molecule has 4 nitrogen and oxygen atoms in total. The van der Waals surface area contributed by atoms with E-state index in [0.29, 0.717) is 6.61 Å². The lowest BCUT2D eigenvalue weighted by atomic mass is 10.1. The van der Waals surface area contributed by atoms with E-state index in [1.807, 2.05) is 43.3 Å². The van der Waals surface area contributed by atoms with E-state index in [4.69, 9.17) is 4.74 Å². The first-order valence-corrected chi connectivity index (χ1v) is 6.65. The summed E-state index contributed by atoms with van der Waals surface area (Å²) in [5.74, 6) is 1.65. The lowest BCUT2D eigenvalue weighted by molar-refractivity contribution is 0.341. The third-order valence-electron chi connectivity index (χ3n) is 2.68. The van der Waals surface area contributed by atoms with Gasteiger partial charge >= 0.3 is 0 Å². The van der Waals surface area contributed by atoms with Crippen LogP contribution in [0, 0.1) is 0 Å². The fraction of sp³-hybridized carbons (Fsp3) is 0.333. The monoisotopic (exact) mass is 257 g/mol. The predicted molar refractivity (Wildman–Crippen MR) is 77.4 cm³/mol. The van der Waals surface area contributed by atoms with Gasteiger partial charge in [0.2, 0.25) is 0 Å². The van der Waals surface area contributed by atoms with Gasteiger partial charge in [-0.25, -0.2) is 0 Å². The quantitative estimate of drug-likeness (QED) is 0.862. The van der Waals surface area contributed by atoms with E-state index in [2.05, 4.69) is 22.4 Å². The maximum absolute atomic E-state index is 5.60. The first kappa shape index (κ1) is 13.3. The highest BCUT2D eigenvalue weighted by atomic mass is 16.5. The number of aromatic nitrogens is 2. The lowest BCUT2D eigenvalue weighted by Crippen LogP contribution is -2.03. The number of ether oxygens (including phenoxy) is 1. The minimum absolute atomic E-state index is 0.639. The Hall–Kier alpha value is -2.10. The second-order valence-corrected chi connectivity index (χ2v) is 4.16. The Bertz CT molecular complexity index is 511. The van der Waals surface area contributed by atoms with Gasteiger partial charge in [0.25, 0.3) is 0 Å². The van der Waals surface area contributed by atoms with Gasteiger partial charge in [-0.15, -0.1) is 10.2 Å². The van der Waals surface area contributed by atoms with Crippen LogP contribution in [0.4, 0.5) is 5.82 Å². The lowest BCUT2D eigenvalue weighted by Gasteiger charge is -2.09. The van der Waals surface area contributed by atoms with E-state index < -0.39 is 0 Å². The van der Waals surface area contributed by atoms with Crippen molar-refractivity contribution in [3.63, 3.8) is 0 Å². The molecule has 2 aromatic rings. The van der Waals surface area contributed by atoms with Crippen molar-refractivity contribution in [1.29, 1.82) is 0 Å². The topological polar surface area (TPSA) is 47.0 Å². The highest BCUT2D eigenvalue weighted by Crippen LogP contribution is 2.28. The molecule has 0 aliphatic heterocycles. The third kappa shape index (κ3) is 3.44. The molecule has 4 heteroatoms. The van der Waals surface area contributed by atoms with Crippen LogP contribution in [-0.2, 0) is 0 Å². The molecular weight excluding hydrogens is 238 g/mol. The largest absolute Gasteiger partial charge is 0.493 e. The number of benzene rings is 1. The van der Waals surface area contributed by atoms with Crippen molar-refractivity contribution in [2.45, 2.75) is 20.3 Å². The summed E-state index contributed by atoms with van der Waals surface area (Å²) >= 11 is 0. The molecule has 1 N–H and O–H groups in total. The van der Waals surface area contributed by atoms with Crippen molar-refractivity contribution < 1.29 is 4.74 Å². The molecule has 0 spiro atoms. The van der Waals surface area contributed by atoms with Crippen LogP contribution in [0.1, 0.15) is 20.3 Å². The van der Waals surface area contributed by atoms with Crippen molar-refractivity contribution >= 4 is 5.82 Å². The summed E-state index contributed by atoms with van der Waals surface area (Å²) in [6, 6.07) is 11.8. The molecule has 0 aliphatic carbocycles. The molecule has 100 valence electrons. The molecule has 0 unspecified atom stereocenters. The van der Waals surface area contributed by atoms with Gasteiger partial charge in [0.15, 0.2) is 0 Å². The van der Waals surface area contributed by atoms with E-state index in [1.54, 1.807) is 0 Å². The number of nitrogens with one attached hydrogen (secondary N) is 1. The van der Waals surface area contributed by atoms with Crippen molar-refractivity contribution in [2.24, 2.45) is 0 Å². The number of para-hydroxylation sites is 1. The Morgan fingerprint density at radius 3 is 2.58 bits per heavy atom. The maximum Gasteiger partial charge on any atom is 0.148 e. The average Bonchev–Trinajstić information content (AvgIpc) is 2.47. The fourth-order valence-corrected chi connectivity index (χ4v) is 1.78. The molecule has 0 saturated heterocycles. The van der Waals surface area contributed by atoms with E-state index in [-0.39, 0.29) is 0 Å². The van der Waals surface area contributed by atoms with Crippen LogP contribution in [0.15, 0.2) is 36.4 Å². The second kappa shape index (κ2) is 6.73. The average molecular weight is 257 g/mol. The maximum atomic E-state index is 5.60. The molecule has 0 aliphatic rings. The van der Waals surface area contributed by atoms with Gasteiger partial charge in [-0.1, -0.05) is 19.1 Å². The molecule has 1 heterocycles. The van der Waals surface area contributed by atoms with Gasteiger partial charge in [0.1, 0.15) is 11.6 Å². The Labute approximate surface area is 113 Å². The van der Waals surface area contributed by atoms with E-state index in [9.17, 15) is 0 Å². The van der Waals surface area contributed by atoms with Crippen molar-refractivity contribution in [3.8, 4) is 17.0 Å². The van der Waals surface area contributed by atoms with Crippen LogP contribution >= 0.6 is 0 Å². The minimum atomic E-state index is 0.639. The van der Waals surface area contributed by atoms with Crippen LogP contribution in [0.2, 0.25) is 0 Å². The van der Waals surface area contributed by atoms with E-state index in [1.165, 1.54) is 0 Å². The molecule has 0 atom stereocenters. The second-order valence-electron chi connectivity index (χ2n) is 4.16. The summed E-state index contributed by atoms with van der Waals surface area (Å²) in [6.45, 7) is 5.64. The molecule has 1 aromatic heterocycles. The highest BCUT2D eigenvalue weighted by molar-refractivity contribution is 5.67. The molecule has 1 aromatic carbocycles. The zero-order chi connectivity index (χ0) is 13.5. The first-order chi connectivity index (χ1) is 9.35. The zero-order valence-corrected chi connectivity index (χ0v) is 11.4. The molecule has 0 saturated carbocycles. The van der Waals surface area contributed by atoms with Crippen LogP contribution in [0.25, 0.3) is 11.3 Å². The van der Waals surface area contributed by atoms with Crippen LogP contribution in [-0.4, -0.2) is 23.3 Å². The van der Waals surface area contributed by atoms with Crippen molar-refractivity contribution in [2.75, 3.05) is 18.5 Å². The van der Waals surface area contributed by atoms with Crippen LogP contribution in [0.3, 0.4) is 0 Å². The third-order valence-corrected chi connectivity index (χ3v) is 2.68. The minimum Gasteiger partial charge on any atom is -0.493 e. The molecular formula is C15H19N3O. The van der Waals surface area contributed by atoms with Crippen LogP contribution < -0.4 is 10.1 Å². The SMILES string of the molecule is CCCNc1ccc(-c2ccccc2OCC)nn1. The van der Waals surface area contributed by atoms with Crippen molar-refractivity contribution in [1.82, 2.24) is 10.2 Å². The predicted octanol–water partition coefficient (Wildman–Crippen LogP) is 3.36. The van der Waals surface area contributed by atoms with Crippen molar-refractivity contribution in [3.05, 3.63) is 36.4 Å². The highest BCUT2D eigenvalue weighted by Gasteiger charge is 2.07. The van der Waals surface area contributed by atoms with Gasteiger partial charge in [-0.05, 0) is 37.6 Å². The van der Waals surface area contributed by atoms with E-state index >= 15 is 0 Å². The molecule has 0 fully saturated rings. The number of hydrogen-bond acceptors (Lipinski definition) is 4. The fourth-order valence-electron chi connectivity index (χ4n) is 1.78. The Morgan fingerprint density at radius 2 is 1.89 bits per heavy atom. The number of anilines is 1. The summed E-state index contributed by atoms with van der Waals surface area (Å²) < 4.78 is 5.60. The zero-order valence-electron chi connectivity index (χ0n) is 11.4. The van der Waals surface area contributed by atoms with Gasteiger partial charge in [0, 0.05) is 12.1 Å². The summed E-state index contributed by atoms with van der Waals surface area (Å²) in [7, 11) is 0. The normalized spacial score (nSPS) is 10.2. The summed E-state index contributed by atoms with van der Waals surface area (Å²) in [4.78, 5) is 0. The molecule has 0 amide bonds. The molecule has 2 rings (SSSR count). The number of nitrogens with zero attached hydrogens (tertiary/aromatic N) is 2. The molecule has 0 radical (unpaired) electrons. The van der Waals surface area contributed by atoms with Gasteiger partial charge < -0.3 is 10.1 Å². The van der Waals surface area contributed by atoms with Gasteiger partial charge in [-0.2, -0.15) is 0 Å². The summed E-state index contributed by atoms with van der Waals surface area (Å²) in [6.07, 6.45) is 1.07. The standard InChI is InChI=1S/C15H19N3O/c1-3-11-16-15-10-9-13(17-18-15)12-7-5-6-8-14(12)19-4-2/h5-10H,3-4,11H2,1-2H3,(H,16,18). The first-order valence-electron chi connectivity index (χ1n) is 6.65. The van der Waals surface area contributed by atoms with Gasteiger partial charge in [-0.3, -0.25) is 0 Å². The number of hydrogen-bond donors (Lipinski definition) is 1. The van der Waals surface area contributed by atoms with Gasteiger partial charge in [0.05, 0.1) is 12.3 Å². The van der Waals surface area contributed by atoms with Crippen LogP contribution in [0.5, 0.6) is 5.75 Å². The number of rotatable bonds is 6. The Kier molecular flexibility index (Phi) is 4.72. The molecule has 19 heavy (non-hydrogen) atoms. The Balaban J connectivity index is 2.22. The Morgan fingerprint density at radius 1 is 1.05 bits per heavy atom. The molecule has 0 bridgehead atoms. The summed E-state index contributed by atoms with van der Waals surface area (Å²) in [5.41, 5.74) is 1.80. The summed E-state index contributed by atoms with van der Waals surface area (Å²) in [5, 5.41) is 11.6. The van der Waals surface area contributed by atoms with E-state index in [0.717, 1.165) is 35.8 Å².